The number of carbonyl (C=O) groups excluding carboxylic acids is 2. The Morgan fingerprint density at radius 3 is 2.95 bits per heavy atom. The first-order valence-corrected chi connectivity index (χ1v) is 7.99. The quantitative estimate of drug-likeness (QED) is 0.416. The molecular formula is C10H15N4O3PS. The number of thiophene rings is 1. The van der Waals surface area contributed by atoms with Gasteiger partial charge in [0, 0.05) is 6.54 Å². The lowest BCUT2D eigenvalue weighted by molar-refractivity contribution is -0.136. The van der Waals surface area contributed by atoms with Crippen LogP contribution in [0, 0.1) is 0 Å². The van der Waals surface area contributed by atoms with Gasteiger partial charge in [0.2, 0.25) is 0 Å². The van der Waals surface area contributed by atoms with Crippen LogP contribution in [0.15, 0.2) is 17.5 Å². The smallest absolute Gasteiger partial charge is 0.266 e. The SMILES string of the molecule is NN1CCC[C@](N)([PH](=O)NC(=O)c2cccs2)C1=O. The van der Waals surface area contributed by atoms with E-state index in [1.807, 2.05) is 0 Å². The van der Waals surface area contributed by atoms with E-state index in [4.69, 9.17) is 11.6 Å². The monoisotopic (exact) mass is 302 g/mol. The molecule has 2 rings (SSSR count). The molecule has 1 aromatic rings. The number of nitrogens with zero attached hydrogens (tertiary/aromatic N) is 1. The van der Waals surface area contributed by atoms with Crippen LogP contribution in [0.3, 0.4) is 0 Å². The van der Waals surface area contributed by atoms with Crippen LogP contribution in [0.25, 0.3) is 0 Å². The Labute approximate surface area is 114 Å². The minimum absolute atomic E-state index is 0.252. The molecule has 1 aromatic heterocycles. The molecule has 7 nitrogen and oxygen atoms in total. The van der Waals surface area contributed by atoms with Gasteiger partial charge in [-0.15, -0.1) is 11.3 Å². The average molecular weight is 302 g/mol. The van der Waals surface area contributed by atoms with Gasteiger partial charge in [0.15, 0.2) is 13.2 Å². The predicted molar refractivity (Wildman–Crippen MR) is 72.8 cm³/mol. The molecule has 0 aromatic carbocycles. The number of nitrogens with two attached hydrogens (primary N) is 2. The van der Waals surface area contributed by atoms with Crippen molar-refractivity contribution in [2.24, 2.45) is 11.6 Å². The molecule has 1 unspecified atom stereocenters. The molecule has 0 aliphatic carbocycles. The van der Waals surface area contributed by atoms with Gasteiger partial charge in [0.1, 0.15) is 0 Å². The summed E-state index contributed by atoms with van der Waals surface area (Å²) in [5, 5.41) is 3.45. The molecular weight excluding hydrogens is 287 g/mol. The highest BCUT2D eigenvalue weighted by molar-refractivity contribution is 7.46. The van der Waals surface area contributed by atoms with Gasteiger partial charge < -0.3 is 15.4 Å². The van der Waals surface area contributed by atoms with Crippen LogP contribution in [0.4, 0.5) is 0 Å². The maximum Gasteiger partial charge on any atom is 0.266 e. The van der Waals surface area contributed by atoms with Gasteiger partial charge in [-0.2, -0.15) is 0 Å². The predicted octanol–water partition coefficient (Wildman–Crippen LogP) is 0.104. The molecule has 0 spiro atoms. The number of carbonyl (C=O) groups is 2. The lowest BCUT2D eigenvalue weighted by Gasteiger charge is -2.35. The second kappa shape index (κ2) is 5.42. The van der Waals surface area contributed by atoms with E-state index < -0.39 is 25.0 Å². The summed E-state index contributed by atoms with van der Waals surface area (Å²) < 4.78 is 12.2. The van der Waals surface area contributed by atoms with Gasteiger partial charge in [0.25, 0.3) is 11.8 Å². The third-order valence-corrected chi connectivity index (χ3v) is 5.59. The maximum absolute atomic E-state index is 12.2. The summed E-state index contributed by atoms with van der Waals surface area (Å²) in [6.07, 6.45) is 0.812. The molecule has 0 radical (unpaired) electrons. The standard InChI is InChI=1S/C10H15N4O3PS/c11-10(4-2-5-14(12)9(10)16)18(17)13-8(15)7-3-1-6-19-7/h1,3,6,18H,2,4-5,11-12H2,(H,13,15,17)/t10-/m0/s1. The van der Waals surface area contributed by atoms with Crippen molar-refractivity contribution in [2.75, 3.05) is 6.54 Å². The lowest BCUT2D eigenvalue weighted by Crippen LogP contribution is -2.60. The number of hydrazine groups is 1. The van der Waals surface area contributed by atoms with E-state index in [0.717, 1.165) is 5.01 Å². The van der Waals surface area contributed by atoms with Crippen molar-refractivity contribution in [1.82, 2.24) is 10.1 Å². The van der Waals surface area contributed by atoms with Crippen molar-refractivity contribution in [1.29, 1.82) is 0 Å². The molecule has 9 heteroatoms. The van der Waals surface area contributed by atoms with Crippen LogP contribution in [0.5, 0.6) is 0 Å². The van der Waals surface area contributed by atoms with Crippen molar-refractivity contribution in [3.05, 3.63) is 22.4 Å². The van der Waals surface area contributed by atoms with Crippen LogP contribution in [0.2, 0.25) is 0 Å². The van der Waals surface area contributed by atoms with E-state index in [0.29, 0.717) is 17.8 Å². The van der Waals surface area contributed by atoms with Gasteiger partial charge >= 0.3 is 0 Å². The highest BCUT2D eigenvalue weighted by Gasteiger charge is 2.45. The minimum atomic E-state index is -2.83. The van der Waals surface area contributed by atoms with E-state index in [-0.39, 0.29) is 6.42 Å². The second-order valence-corrected chi connectivity index (χ2v) is 7.08. The Balaban J connectivity index is 2.11. The summed E-state index contributed by atoms with van der Waals surface area (Å²) in [5.74, 6) is 4.42. The summed E-state index contributed by atoms with van der Waals surface area (Å²) in [7, 11) is -2.83. The highest BCUT2D eigenvalue weighted by atomic mass is 32.1. The lowest BCUT2D eigenvalue weighted by atomic mass is 10.1. The van der Waals surface area contributed by atoms with Gasteiger partial charge in [0.05, 0.1) is 4.88 Å². The van der Waals surface area contributed by atoms with Crippen molar-refractivity contribution < 1.29 is 14.2 Å². The largest absolute Gasteiger partial charge is 0.310 e. The first kappa shape index (κ1) is 14.2. The van der Waals surface area contributed by atoms with Gasteiger partial charge in [-0.1, -0.05) is 6.07 Å². The summed E-state index contributed by atoms with van der Waals surface area (Å²) in [6.45, 7) is 0.381. The fourth-order valence-corrected chi connectivity index (χ4v) is 3.90. The summed E-state index contributed by atoms with van der Waals surface area (Å²) in [4.78, 5) is 24.1. The molecule has 1 saturated heterocycles. The molecule has 2 atom stereocenters. The maximum atomic E-state index is 12.2. The molecule has 2 amide bonds. The molecule has 1 aliphatic heterocycles. The number of nitrogens with one attached hydrogen (secondary N) is 1. The molecule has 0 bridgehead atoms. The van der Waals surface area contributed by atoms with Crippen LogP contribution in [0.1, 0.15) is 22.5 Å². The average Bonchev–Trinajstić information content (AvgIpc) is 2.89. The van der Waals surface area contributed by atoms with E-state index in [1.165, 1.54) is 11.3 Å². The Bertz CT molecular complexity index is 521. The summed E-state index contributed by atoms with van der Waals surface area (Å²) in [6, 6.07) is 3.32. The zero-order valence-electron chi connectivity index (χ0n) is 10.1. The Morgan fingerprint density at radius 2 is 2.32 bits per heavy atom. The van der Waals surface area contributed by atoms with E-state index in [2.05, 4.69) is 5.09 Å². The molecule has 5 N–H and O–H groups in total. The number of piperidine rings is 1. The van der Waals surface area contributed by atoms with Crippen LogP contribution >= 0.6 is 19.3 Å². The highest BCUT2D eigenvalue weighted by Crippen LogP contribution is 2.38. The topological polar surface area (TPSA) is 119 Å². The number of amides is 2. The van der Waals surface area contributed by atoms with Crippen molar-refractivity contribution in [3.8, 4) is 0 Å². The van der Waals surface area contributed by atoms with Crippen LogP contribution < -0.4 is 16.7 Å². The van der Waals surface area contributed by atoms with Crippen LogP contribution in [-0.2, 0) is 9.36 Å². The normalized spacial score (nSPS) is 25.2. The molecule has 19 heavy (non-hydrogen) atoms. The van der Waals surface area contributed by atoms with Gasteiger partial charge in [-0.25, -0.2) is 5.84 Å². The zero-order valence-corrected chi connectivity index (χ0v) is 11.9. The third kappa shape index (κ3) is 2.71. The van der Waals surface area contributed by atoms with Crippen LogP contribution in [-0.4, -0.2) is 28.6 Å². The number of rotatable bonds is 3. The first-order chi connectivity index (χ1) is 8.95. The summed E-state index contributed by atoms with van der Waals surface area (Å²) in [5.41, 5.74) is 5.89. The number of hydrogen-bond donors (Lipinski definition) is 3. The van der Waals surface area contributed by atoms with Gasteiger partial charge in [-0.05, 0) is 24.3 Å². The van der Waals surface area contributed by atoms with E-state index in [9.17, 15) is 14.2 Å². The number of hydrogen-bond acceptors (Lipinski definition) is 6. The second-order valence-electron chi connectivity index (χ2n) is 4.33. The van der Waals surface area contributed by atoms with Crippen molar-refractivity contribution in [2.45, 2.75) is 18.1 Å². The molecule has 2 heterocycles. The Kier molecular flexibility index (Phi) is 4.05. The van der Waals surface area contributed by atoms with Crippen molar-refractivity contribution >= 4 is 31.1 Å². The zero-order chi connectivity index (χ0) is 14.0. The molecule has 1 aliphatic rings. The molecule has 0 saturated carbocycles. The first-order valence-electron chi connectivity index (χ1n) is 5.70. The molecule has 1 fully saturated rings. The Hall–Kier alpha value is -1.21. The third-order valence-electron chi connectivity index (χ3n) is 2.99. The van der Waals surface area contributed by atoms with E-state index >= 15 is 0 Å². The summed E-state index contributed by atoms with van der Waals surface area (Å²) >= 11 is 1.22. The fraction of sp³-hybridized carbons (Fsp3) is 0.400. The van der Waals surface area contributed by atoms with Crippen molar-refractivity contribution in [3.63, 3.8) is 0 Å². The van der Waals surface area contributed by atoms with E-state index in [1.54, 1.807) is 17.5 Å². The molecule has 104 valence electrons. The van der Waals surface area contributed by atoms with Gasteiger partial charge in [-0.3, -0.25) is 14.6 Å². The fourth-order valence-electron chi connectivity index (χ4n) is 1.89. The minimum Gasteiger partial charge on any atom is -0.310 e. The Morgan fingerprint density at radius 1 is 1.58 bits per heavy atom.